The Hall–Kier alpha value is -1.17. The highest BCUT2D eigenvalue weighted by atomic mass is 35.5. The predicted octanol–water partition coefficient (Wildman–Crippen LogP) is 2.37. The van der Waals surface area contributed by atoms with Gasteiger partial charge < -0.3 is 5.32 Å². The first-order valence-electron chi connectivity index (χ1n) is 6.30. The van der Waals surface area contributed by atoms with Crippen molar-refractivity contribution in [2.45, 2.75) is 25.9 Å². The first kappa shape index (κ1) is 15.9. The van der Waals surface area contributed by atoms with Crippen molar-refractivity contribution in [3.05, 3.63) is 39.9 Å². The third-order valence-electron chi connectivity index (χ3n) is 3.53. The van der Waals surface area contributed by atoms with Crippen LogP contribution in [0.4, 0.5) is 5.69 Å². The fraction of sp³-hybridized carbons (Fsp3) is 0.538. The van der Waals surface area contributed by atoms with Gasteiger partial charge in [-0.25, -0.2) is 0 Å². The van der Waals surface area contributed by atoms with E-state index in [1.807, 2.05) is 19.1 Å². The summed E-state index contributed by atoms with van der Waals surface area (Å²) >= 11 is 0. The maximum absolute atomic E-state index is 11.0. The second-order valence-corrected chi connectivity index (χ2v) is 4.84. The number of piperazine rings is 1. The summed E-state index contributed by atoms with van der Waals surface area (Å²) in [7, 11) is 0. The minimum absolute atomic E-state index is 0. The van der Waals surface area contributed by atoms with E-state index in [4.69, 9.17) is 0 Å². The fourth-order valence-electron chi connectivity index (χ4n) is 2.52. The molecule has 0 bridgehead atoms. The first-order chi connectivity index (χ1) is 8.59. The molecule has 1 aromatic rings. The van der Waals surface area contributed by atoms with Crippen molar-refractivity contribution in [3.8, 4) is 0 Å². The third kappa shape index (κ3) is 3.65. The third-order valence-corrected chi connectivity index (χ3v) is 3.53. The van der Waals surface area contributed by atoms with Gasteiger partial charge in [-0.3, -0.25) is 15.0 Å². The molecular formula is C13H20ClN3O2. The van der Waals surface area contributed by atoms with Crippen LogP contribution >= 0.6 is 12.4 Å². The molecule has 19 heavy (non-hydrogen) atoms. The van der Waals surface area contributed by atoms with Gasteiger partial charge in [-0.15, -0.1) is 12.4 Å². The minimum Gasteiger partial charge on any atom is -0.312 e. The Balaban J connectivity index is 0.00000180. The first-order valence-corrected chi connectivity index (χ1v) is 6.30. The molecule has 1 saturated heterocycles. The Morgan fingerprint density at radius 1 is 1.47 bits per heavy atom. The van der Waals surface area contributed by atoms with Crippen LogP contribution in [0.3, 0.4) is 0 Å². The molecule has 2 rings (SSSR count). The van der Waals surface area contributed by atoms with E-state index < -0.39 is 0 Å². The Morgan fingerprint density at radius 2 is 2.16 bits per heavy atom. The average molecular weight is 286 g/mol. The molecule has 0 aliphatic carbocycles. The molecule has 6 heteroatoms. The van der Waals surface area contributed by atoms with E-state index in [1.165, 1.54) is 0 Å². The van der Waals surface area contributed by atoms with Crippen LogP contribution in [-0.4, -0.2) is 35.5 Å². The number of nitro groups is 1. The quantitative estimate of drug-likeness (QED) is 0.684. The summed E-state index contributed by atoms with van der Waals surface area (Å²) < 4.78 is 0. The van der Waals surface area contributed by atoms with Crippen LogP contribution in [0.2, 0.25) is 0 Å². The lowest BCUT2D eigenvalue weighted by Crippen LogP contribution is -2.49. The normalized spacial score (nSPS) is 21.5. The Kier molecular flexibility index (Phi) is 5.72. The highest BCUT2D eigenvalue weighted by molar-refractivity contribution is 5.85. The Labute approximate surface area is 119 Å². The van der Waals surface area contributed by atoms with Gasteiger partial charge in [0.15, 0.2) is 0 Å². The molecule has 1 fully saturated rings. The smallest absolute Gasteiger partial charge is 0.274 e. The molecule has 0 saturated carbocycles. The number of para-hydroxylation sites is 1. The van der Waals surface area contributed by atoms with Crippen LogP contribution in [0.1, 0.15) is 25.5 Å². The van der Waals surface area contributed by atoms with E-state index in [0.29, 0.717) is 6.04 Å². The number of nitro benzene ring substituents is 1. The monoisotopic (exact) mass is 285 g/mol. The zero-order valence-electron chi connectivity index (χ0n) is 11.2. The van der Waals surface area contributed by atoms with Crippen molar-refractivity contribution >= 4 is 18.1 Å². The highest BCUT2D eigenvalue weighted by Crippen LogP contribution is 2.29. The summed E-state index contributed by atoms with van der Waals surface area (Å²) in [6.45, 7) is 6.97. The van der Waals surface area contributed by atoms with E-state index in [0.717, 1.165) is 25.2 Å². The van der Waals surface area contributed by atoms with Gasteiger partial charge in [-0.2, -0.15) is 0 Å². The molecule has 0 aromatic heterocycles. The lowest BCUT2D eigenvalue weighted by atomic mass is 10.0. The number of nitrogens with zero attached hydrogens (tertiary/aromatic N) is 2. The fourth-order valence-corrected chi connectivity index (χ4v) is 2.52. The van der Waals surface area contributed by atoms with Crippen molar-refractivity contribution in [2.75, 3.05) is 19.6 Å². The lowest BCUT2D eigenvalue weighted by molar-refractivity contribution is -0.386. The maximum atomic E-state index is 11.0. The zero-order valence-corrected chi connectivity index (χ0v) is 12.0. The number of nitrogens with one attached hydrogen (secondary N) is 1. The Morgan fingerprint density at radius 3 is 2.79 bits per heavy atom. The number of hydrogen-bond donors (Lipinski definition) is 1. The van der Waals surface area contributed by atoms with E-state index in [1.54, 1.807) is 12.1 Å². The molecule has 106 valence electrons. The molecule has 2 unspecified atom stereocenters. The zero-order chi connectivity index (χ0) is 13.1. The van der Waals surface area contributed by atoms with Gasteiger partial charge in [-0.05, 0) is 13.8 Å². The Bertz CT molecular complexity index is 442. The molecule has 1 aliphatic heterocycles. The SMILES string of the molecule is CC1CN(C(C)c2ccccc2[N+](=O)[O-])CCN1.Cl. The van der Waals surface area contributed by atoms with E-state index >= 15 is 0 Å². The predicted molar refractivity (Wildman–Crippen MR) is 77.8 cm³/mol. The topological polar surface area (TPSA) is 58.4 Å². The van der Waals surface area contributed by atoms with Crippen LogP contribution in [0.25, 0.3) is 0 Å². The van der Waals surface area contributed by atoms with Crippen molar-refractivity contribution in [3.63, 3.8) is 0 Å². The second-order valence-electron chi connectivity index (χ2n) is 4.84. The molecule has 1 heterocycles. The van der Waals surface area contributed by atoms with Crippen molar-refractivity contribution in [1.82, 2.24) is 10.2 Å². The summed E-state index contributed by atoms with van der Waals surface area (Å²) in [5, 5.41) is 14.4. The average Bonchev–Trinajstić information content (AvgIpc) is 2.38. The number of halogens is 1. The number of benzene rings is 1. The number of rotatable bonds is 3. The van der Waals surface area contributed by atoms with Gasteiger partial charge >= 0.3 is 0 Å². The van der Waals surface area contributed by atoms with E-state index in [-0.39, 0.29) is 29.1 Å². The van der Waals surface area contributed by atoms with Gasteiger partial charge in [0.25, 0.3) is 5.69 Å². The lowest BCUT2D eigenvalue weighted by Gasteiger charge is -2.36. The van der Waals surface area contributed by atoms with Gasteiger partial charge in [0.1, 0.15) is 0 Å². The molecule has 1 N–H and O–H groups in total. The summed E-state index contributed by atoms with van der Waals surface area (Å²) in [6.07, 6.45) is 0. The summed E-state index contributed by atoms with van der Waals surface area (Å²) in [5.74, 6) is 0. The molecule has 1 aromatic carbocycles. The van der Waals surface area contributed by atoms with Gasteiger partial charge in [0, 0.05) is 43.3 Å². The largest absolute Gasteiger partial charge is 0.312 e. The van der Waals surface area contributed by atoms with Crippen LogP contribution in [0.5, 0.6) is 0 Å². The van der Waals surface area contributed by atoms with Crippen molar-refractivity contribution < 1.29 is 4.92 Å². The molecule has 0 radical (unpaired) electrons. The molecular weight excluding hydrogens is 266 g/mol. The van der Waals surface area contributed by atoms with Crippen LogP contribution in [0.15, 0.2) is 24.3 Å². The van der Waals surface area contributed by atoms with E-state index in [2.05, 4.69) is 17.1 Å². The van der Waals surface area contributed by atoms with Crippen LogP contribution < -0.4 is 5.32 Å². The molecule has 0 spiro atoms. The molecule has 0 amide bonds. The van der Waals surface area contributed by atoms with E-state index in [9.17, 15) is 10.1 Å². The van der Waals surface area contributed by atoms with Crippen molar-refractivity contribution in [1.29, 1.82) is 0 Å². The summed E-state index contributed by atoms with van der Waals surface area (Å²) in [5.41, 5.74) is 1.02. The summed E-state index contributed by atoms with van der Waals surface area (Å²) in [4.78, 5) is 13.0. The van der Waals surface area contributed by atoms with Gasteiger partial charge in [0.2, 0.25) is 0 Å². The van der Waals surface area contributed by atoms with Crippen LogP contribution in [0, 0.1) is 10.1 Å². The highest BCUT2D eigenvalue weighted by Gasteiger charge is 2.26. The standard InChI is InChI=1S/C13H19N3O2.ClH/c1-10-9-15(8-7-14-10)11(2)12-5-3-4-6-13(12)16(17)18;/h3-6,10-11,14H,7-9H2,1-2H3;1H. The maximum Gasteiger partial charge on any atom is 0.274 e. The van der Waals surface area contributed by atoms with Crippen molar-refractivity contribution in [2.24, 2.45) is 0 Å². The molecule has 2 atom stereocenters. The van der Waals surface area contributed by atoms with Gasteiger partial charge in [0.05, 0.1) is 4.92 Å². The second kappa shape index (κ2) is 6.84. The summed E-state index contributed by atoms with van der Waals surface area (Å²) in [6, 6.07) is 7.53. The molecule has 1 aliphatic rings. The van der Waals surface area contributed by atoms with Crippen LogP contribution in [-0.2, 0) is 0 Å². The minimum atomic E-state index is -0.294. The molecule has 5 nitrogen and oxygen atoms in total. The van der Waals surface area contributed by atoms with Gasteiger partial charge in [-0.1, -0.05) is 18.2 Å². The number of hydrogen-bond acceptors (Lipinski definition) is 4.